The molecule has 0 aliphatic carbocycles. The van der Waals surface area contributed by atoms with E-state index in [1.165, 1.54) is 34.9 Å². The zero-order valence-corrected chi connectivity index (χ0v) is 19.4. The summed E-state index contributed by atoms with van der Waals surface area (Å²) in [5.41, 5.74) is 2.27. The number of nitrogens with zero attached hydrogens (tertiary/aromatic N) is 2. The summed E-state index contributed by atoms with van der Waals surface area (Å²) in [6, 6.07) is 15.3. The van der Waals surface area contributed by atoms with Gasteiger partial charge >= 0.3 is 5.97 Å². The first-order chi connectivity index (χ1) is 15.2. The number of furan rings is 1. The van der Waals surface area contributed by atoms with Gasteiger partial charge in [0, 0.05) is 31.4 Å². The Morgan fingerprint density at radius 2 is 1.88 bits per heavy atom. The van der Waals surface area contributed by atoms with Gasteiger partial charge in [0.05, 0.1) is 21.2 Å². The van der Waals surface area contributed by atoms with Gasteiger partial charge in [0.15, 0.2) is 4.32 Å². The van der Waals surface area contributed by atoms with Gasteiger partial charge in [0.25, 0.3) is 5.91 Å². The first kappa shape index (κ1) is 22.1. The molecule has 6 nitrogen and oxygen atoms in total. The summed E-state index contributed by atoms with van der Waals surface area (Å²) in [6.45, 7) is 0. The van der Waals surface area contributed by atoms with Gasteiger partial charge < -0.3 is 14.4 Å². The molecule has 9 heteroatoms. The van der Waals surface area contributed by atoms with Crippen molar-refractivity contribution in [2.45, 2.75) is 0 Å². The van der Waals surface area contributed by atoms with E-state index in [9.17, 15) is 14.7 Å². The molecule has 0 unspecified atom stereocenters. The van der Waals surface area contributed by atoms with E-state index in [2.05, 4.69) is 0 Å². The van der Waals surface area contributed by atoms with Crippen LogP contribution in [0.15, 0.2) is 63.9 Å². The molecular formula is C23H17ClN2O4S2. The van der Waals surface area contributed by atoms with Crippen LogP contribution in [0.5, 0.6) is 0 Å². The van der Waals surface area contributed by atoms with Gasteiger partial charge in [0.2, 0.25) is 0 Å². The van der Waals surface area contributed by atoms with Crippen molar-refractivity contribution >= 4 is 69.2 Å². The summed E-state index contributed by atoms with van der Waals surface area (Å²) >= 11 is 12.8. The van der Waals surface area contributed by atoms with Crippen LogP contribution in [-0.2, 0) is 4.79 Å². The molecule has 1 N–H and O–H groups in total. The molecule has 0 spiro atoms. The van der Waals surface area contributed by atoms with E-state index in [1.54, 1.807) is 18.2 Å². The second-order valence-electron chi connectivity index (χ2n) is 7.13. The monoisotopic (exact) mass is 484 g/mol. The van der Waals surface area contributed by atoms with Crippen LogP contribution in [0, 0.1) is 0 Å². The molecule has 2 heterocycles. The lowest BCUT2D eigenvalue weighted by atomic mass is 10.1. The Labute approximate surface area is 199 Å². The highest BCUT2D eigenvalue weighted by Crippen LogP contribution is 2.37. The molecule has 0 saturated carbocycles. The van der Waals surface area contributed by atoms with Crippen molar-refractivity contribution < 1.29 is 19.1 Å². The number of carbonyl (C=O) groups excluding carboxylic acids is 1. The minimum absolute atomic E-state index is 0.100. The van der Waals surface area contributed by atoms with Crippen molar-refractivity contribution in [3.63, 3.8) is 0 Å². The molecule has 1 aromatic heterocycles. The maximum absolute atomic E-state index is 13.0. The van der Waals surface area contributed by atoms with Gasteiger partial charge in [-0.1, -0.05) is 35.6 Å². The van der Waals surface area contributed by atoms with Crippen molar-refractivity contribution in [2.75, 3.05) is 23.9 Å². The molecule has 1 saturated heterocycles. The number of rotatable bonds is 5. The number of amides is 1. The maximum Gasteiger partial charge on any atom is 0.335 e. The number of hydrogen-bond donors (Lipinski definition) is 1. The van der Waals surface area contributed by atoms with Crippen molar-refractivity contribution in [3.05, 3.63) is 75.8 Å². The number of benzene rings is 2. The molecule has 0 atom stereocenters. The van der Waals surface area contributed by atoms with Gasteiger partial charge in [-0.15, -0.1) is 0 Å². The first-order valence-corrected chi connectivity index (χ1v) is 11.0. The van der Waals surface area contributed by atoms with Gasteiger partial charge in [0.1, 0.15) is 11.5 Å². The smallest absolute Gasteiger partial charge is 0.335 e. The minimum atomic E-state index is -1.06. The summed E-state index contributed by atoms with van der Waals surface area (Å²) < 4.78 is 6.26. The van der Waals surface area contributed by atoms with Gasteiger partial charge in [-0.25, -0.2) is 4.79 Å². The van der Waals surface area contributed by atoms with E-state index in [0.717, 1.165) is 5.69 Å². The summed E-state index contributed by atoms with van der Waals surface area (Å²) in [5, 5.41) is 9.58. The quantitative estimate of drug-likeness (QED) is 0.364. The summed E-state index contributed by atoms with van der Waals surface area (Å²) in [5.74, 6) is -0.460. The lowest BCUT2D eigenvalue weighted by Gasteiger charge is -2.17. The Hall–Kier alpha value is -3.07. The Morgan fingerprint density at radius 3 is 2.53 bits per heavy atom. The number of carboxylic acid groups (broad SMARTS) is 1. The fourth-order valence-electron chi connectivity index (χ4n) is 3.14. The van der Waals surface area contributed by atoms with Gasteiger partial charge in [-0.2, -0.15) is 0 Å². The minimum Gasteiger partial charge on any atom is -0.478 e. The molecule has 1 aliphatic heterocycles. The van der Waals surface area contributed by atoms with E-state index in [1.807, 2.05) is 43.3 Å². The predicted octanol–water partition coefficient (Wildman–Crippen LogP) is 5.77. The van der Waals surface area contributed by atoms with Crippen LogP contribution in [0.25, 0.3) is 17.4 Å². The van der Waals surface area contributed by atoms with Crippen LogP contribution in [0.1, 0.15) is 16.1 Å². The number of carboxylic acids is 1. The molecule has 162 valence electrons. The number of halogens is 1. The lowest BCUT2D eigenvalue weighted by Crippen LogP contribution is -2.27. The number of hydrogen-bond acceptors (Lipinski definition) is 6. The van der Waals surface area contributed by atoms with Crippen molar-refractivity contribution in [3.8, 4) is 11.3 Å². The topological polar surface area (TPSA) is 74.0 Å². The molecular weight excluding hydrogens is 468 g/mol. The van der Waals surface area contributed by atoms with E-state index >= 15 is 0 Å². The molecule has 0 radical (unpaired) electrons. The van der Waals surface area contributed by atoms with Crippen LogP contribution < -0.4 is 9.80 Å². The second-order valence-corrected chi connectivity index (χ2v) is 9.21. The molecule has 4 rings (SSSR count). The third-order valence-corrected chi connectivity index (χ3v) is 6.43. The van der Waals surface area contributed by atoms with E-state index in [4.69, 9.17) is 28.2 Å². The number of thioether (sulfide) groups is 1. The van der Waals surface area contributed by atoms with Gasteiger partial charge in [-0.3, -0.25) is 9.69 Å². The summed E-state index contributed by atoms with van der Waals surface area (Å²) in [7, 11) is 3.89. The van der Waals surface area contributed by atoms with E-state index in [-0.39, 0.29) is 11.5 Å². The maximum atomic E-state index is 13.0. The Kier molecular flexibility index (Phi) is 6.10. The van der Waals surface area contributed by atoms with Crippen LogP contribution >= 0.6 is 35.6 Å². The van der Waals surface area contributed by atoms with Crippen molar-refractivity contribution in [1.29, 1.82) is 0 Å². The fraction of sp³-hybridized carbons (Fsp3) is 0.0870. The predicted molar refractivity (Wildman–Crippen MR) is 133 cm³/mol. The standard InChI is InChI=1S/C23H17ClN2O4S2/c1-25(2)14-4-6-15(7-5-14)26-21(27)20(32-23(26)31)12-16-8-10-19(30-16)17-11-13(22(28)29)3-9-18(17)24/h3-12H,1-2H3,(H,28,29)/b20-12-. The van der Waals surface area contributed by atoms with Crippen molar-refractivity contribution in [1.82, 2.24) is 0 Å². The van der Waals surface area contributed by atoms with Crippen LogP contribution in [0.2, 0.25) is 5.02 Å². The molecule has 32 heavy (non-hydrogen) atoms. The van der Waals surface area contributed by atoms with Crippen molar-refractivity contribution in [2.24, 2.45) is 0 Å². The van der Waals surface area contributed by atoms with Gasteiger partial charge in [-0.05, 0) is 54.6 Å². The zero-order chi connectivity index (χ0) is 23.0. The van der Waals surface area contributed by atoms with E-state index in [0.29, 0.717) is 37.0 Å². The zero-order valence-electron chi connectivity index (χ0n) is 17.0. The summed E-state index contributed by atoms with van der Waals surface area (Å²) in [6.07, 6.45) is 1.62. The SMILES string of the molecule is CN(C)c1ccc(N2C(=O)/C(=C/c3ccc(-c4cc(C(=O)O)ccc4Cl)o3)SC2=S)cc1. The Bertz CT molecular complexity index is 1270. The van der Waals surface area contributed by atoms with Crippen LogP contribution in [0.4, 0.5) is 11.4 Å². The fourth-order valence-corrected chi connectivity index (χ4v) is 4.63. The molecule has 1 fully saturated rings. The molecule has 3 aromatic rings. The molecule has 0 bridgehead atoms. The number of thiocarbonyl (C=S) groups is 1. The highest BCUT2D eigenvalue weighted by Gasteiger charge is 2.33. The molecule has 1 amide bonds. The van der Waals surface area contributed by atoms with Crippen LogP contribution in [0.3, 0.4) is 0 Å². The number of carbonyl (C=O) groups is 2. The highest BCUT2D eigenvalue weighted by atomic mass is 35.5. The first-order valence-electron chi connectivity index (χ1n) is 9.43. The largest absolute Gasteiger partial charge is 0.478 e. The van der Waals surface area contributed by atoms with Crippen LogP contribution in [-0.4, -0.2) is 35.4 Å². The van der Waals surface area contributed by atoms with E-state index < -0.39 is 5.97 Å². The summed E-state index contributed by atoms with van der Waals surface area (Å²) in [4.78, 5) is 28.1. The lowest BCUT2D eigenvalue weighted by molar-refractivity contribution is -0.113. The third-order valence-electron chi connectivity index (χ3n) is 4.80. The average molecular weight is 485 g/mol. The molecule has 1 aliphatic rings. The molecule has 2 aromatic carbocycles. The number of anilines is 2. The number of aromatic carboxylic acids is 1. The second kappa shape index (κ2) is 8.82. The Morgan fingerprint density at radius 1 is 1.16 bits per heavy atom. The highest BCUT2D eigenvalue weighted by molar-refractivity contribution is 8.27. The normalized spacial score (nSPS) is 15.0. The third kappa shape index (κ3) is 4.29. The Balaban J connectivity index is 1.60. The average Bonchev–Trinajstić information content (AvgIpc) is 3.32.